The fourth-order valence-electron chi connectivity index (χ4n) is 3.60. The summed E-state index contributed by atoms with van der Waals surface area (Å²) in [6, 6.07) is 9.87. The Morgan fingerprint density at radius 2 is 2.06 bits per heavy atom. The lowest BCUT2D eigenvalue weighted by Gasteiger charge is -2.20. The van der Waals surface area contributed by atoms with Crippen molar-refractivity contribution < 1.29 is 13.6 Å². The van der Waals surface area contributed by atoms with Crippen LogP contribution in [-0.4, -0.2) is 31.5 Å². The molecule has 0 atom stereocenters. The molecular formula is C22H15ClFN5O2S. The molecule has 0 bridgehead atoms. The Balaban J connectivity index is 1.53. The third-order valence-electron chi connectivity index (χ3n) is 5.12. The summed E-state index contributed by atoms with van der Waals surface area (Å²) in [7, 11) is 0. The van der Waals surface area contributed by atoms with Crippen molar-refractivity contribution in [3.8, 4) is 5.69 Å². The van der Waals surface area contributed by atoms with Crippen LogP contribution in [0, 0.1) is 25.1 Å². The van der Waals surface area contributed by atoms with Crippen molar-refractivity contribution in [1.82, 2.24) is 9.58 Å². The first-order chi connectivity index (χ1) is 15.3. The molecule has 7 nitrogen and oxygen atoms in total. The summed E-state index contributed by atoms with van der Waals surface area (Å²) < 4.78 is 20.9. The number of fused-ring (bicyclic) bond motifs is 1. The topological polar surface area (TPSA) is 87.0 Å². The van der Waals surface area contributed by atoms with E-state index >= 15 is 0 Å². The average molecular weight is 468 g/mol. The molecule has 10 heteroatoms. The summed E-state index contributed by atoms with van der Waals surface area (Å²) in [5.41, 5.74) is 3.23. The predicted octanol–water partition coefficient (Wildman–Crippen LogP) is 5.15. The number of carbonyl (C=O) groups excluding carboxylic acids is 1. The van der Waals surface area contributed by atoms with Crippen molar-refractivity contribution in [3.05, 3.63) is 81.8 Å². The van der Waals surface area contributed by atoms with Crippen LogP contribution in [-0.2, 0) is 4.79 Å². The van der Waals surface area contributed by atoms with Crippen molar-refractivity contribution in [1.29, 1.82) is 5.41 Å². The van der Waals surface area contributed by atoms with E-state index in [0.717, 1.165) is 17.0 Å². The largest absolute Gasteiger partial charge is 0.462 e. The highest BCUT2D eigenvalue weighted by molar-refractivity contribution is 8.27. The maximum Gasteiger partial charge on any atom is 0.283 e. The lowest BCUT2D eigenvalue weighted by atomic mass is 10.1. The number of hydrogen-bond donors (Lipinski definition) is 1. The van der Waals surface area contributed by atoms with E-state index in [2.05, 4.69) is 10.1 Å². The predicted molar refractivity (Wildman–Crippen MR) is 123 cm³/mol. The lowest BCUT2D eigenvalue weighted by Crippen LogP contribution is -2.35. The number of thioether (sulfide) groups is 1. The second-order valence-corrected chi connectivity index (χ2v) is 8.53. The van der Waals surface area contributed by atoms with Crippen LogP contribution in [0.1, 0.15) is 22.7 Å². The number of aliphatic imine (C=N–C) groups is 1. The molecular weight excluding hydrogens is 453 g/mol. The van der Waals surface area contributed by atoms with E-state index in [1.165, 1.54) is 29.1 Å². The van der Waals surface area contributed by atoms with Crippen molar-refractivity contribution in [2.45, 2.75) is 13.8 Å². The fraction of sp³-hybridized carbons (Fsp3) is 0.0909. The van der Waals surface area contributed by atoms with Crippen LogP contribution in [0.15, 0.2) is 62.7 Å². The molecule has 0 saturated carbocycles. The second kappa shape index (κ2) is 7.61. The number of amidine groups is 2. The number of amides is 1. The Bertz CT molecular complexity index is 1390. The molecule has 0 spiro atoms. The maximum absolute atomic E-state index is 13.6. The molecule has 4 heterocycles. The second-order valence-electron chi connectivity index (χ2n) is 7.16. The Hall–Kier alpha value is -3.43. The Labute approximate surface area is 191 Å². The average Bonchev–Trinajstić information content (AvgIpc) is 3.47. The van der Waals surface area contributed by atoms with Crippen LogP contribution < -0.4 is 0 Å². The Morgan fingerprint density at radius 3 is 2.78 bits per heavy atom. The first-order valence-electron chi connectivity index (χ1n) is 9.52. The number of carbonyl (C=O) groups is 1. The van der Waals surface area contributed by atoms with E-state index in [1.807, 2.05) is 24.5 Å². The molecule has 2 aliphatic heterocycles. The number of rotatable bonds is 3. The zero-order chi connectivity index (χ0) is 22.6. The minimum Gasteiger partial charge on any atom is -0.462 e. The van der Waals surface area contributed by atoms with E-state index in [4.69, 9.17) is 21.4 Å². The standard InChI is InChI=1S/C22H15ClFN5O2S/c1-11-8-13(12(2)28(11)14-5-6-17(24)16(23)10-14)9-15-19(25)29-22(26-20(15)30)32-21(27-29)18-4-3-7-31-18/h3-10,25H,1-2H3/b15-9-,25-19?. The minimum absolute atomic E-state index is 0.0257. The van der Waals surface area contributed by atoms with Crippen LogP contribution in [0.25, 0.3) is 11.8 Å². The van der Waals surface area contributed by atoms with Gasteiger partial charge in [0.25, 0.3) is 5.91 Å². The first-order valence-corrected chi connectivity index (χ1v) is 10.7. The van der Waals surface area contributed by atoms with Gasteiger partial charge in [-0.15, -0.1) is 0 Å². The van der Waals surface area contributed by atoms with Crippen LogP contribution in [0.3, 0.4) is 0 Å². The van der Waals surface area contributed by atoms with Crippen molar-refractivity contribution in [2.24, 2.45) is 10.1 Å². The molecule has 0 fully saturated rings. The van der Waals surface area contributed by atoms with E-state index in [0.29, 0.717) is 21.7 Å². The number of hydrazone groups is 1. The van der Waals surface area contributed by atoms with Gasteiger partial charge in [0, 0.05) is 17.1 Å². The van der Waals surface area contributed by atoms with Gasteiger partial charge >= 0.3 is 0 Å². The summed E-state index contributed by atoms with van der Waals surface area (Å²) in [6.45, 7) is 3.77. The highest BCUT2D eigenvalue weighted by Gasteiger charge is 2.36. The zero-order valence-electron chi connectivity index (χ0n) is 16.9. The molecule has 0 saturated heterocycles. The van der Waals surface area contributed by atoms with Crippen LogP contribution >= 0.6 is 23.4 Å². The molecule has 5 rings (SSSR count). The molecule has 3 aromatic rings. The molecule has 1 aromatic carbocycles. The van der Waals surface area contributed by atoms with Crippen molar-refractivity contribution in [2.75, 3.05) is 0 Å². The number of aromatic nitrogens is 1. The fourth-order valence-corrected chi connectivity index (χ4v) is 4.64. The van der Waals surface area contributed by atoms with Gasteiger partial charge in [-0.2, -0.15) is 15.1 Å². The van der Waals surface area contributed by atoms with Gasteiger partial charge in [0.15, 0.2) is 16.6 Å². The molecule has 0 aliphatic carbocycles. The third kappa shape index (κ3) is 3.30. The SMILES string of the molecule is Cc1cc(/C=C2/C(=N)N3N=C(c4ccco4)SC3=NC2=O)c(C)n1-c1ccc(F)c(Cl)c1. The normalized spacial score (nSPS) is 17.1. The lowest BCUT2D eigenvalue weighted by molar-refractivity contribution is -0.114. The number of benzene rings is 1. The number of hydrogen-bond acceptors (Lipinski definition) is 5. The molecule has 32 heavy (non-hydrogen) atoms. The van der Waals surface area contributed by atoms with E-state index in [-0.39, 0.29) is 16.4 Å². The molecule has 2 aromatic heterocycles. The first kappa shape index (κ1) is 20.5. The van der Waals surface area contributed by atoms with Crippen molar-refractivity contribution in [3.63, 3.8) is 0 Å². The minimum atomic E-state index is -0.515. The van der Waals surface area contributed by atoms with Gasteiger partial charge in [-0.3, -0.25) is 10.2 Å². The number of furan rings is 1. The quantitative estimate of drug-likeness (QED) is 0.540. The van der Waals surface area contributed by atoms with Crippen LogP contribution in [0.4, 0.5) is 4.39 Å². The van der Waals surface area contributed by atoms with E-state index in [1.54, 1.807) is 30.3 Å². The number of halogens is 2. The van der Waals surface area contributed by atoms with Gasteiger partial charge in [0.05, 0.1) is 16.9 Å². The van der Waals surface area contributed by atoms with Crippen LogP contribution in [0.5, 0.6) is 0 Å². The molecule has 1 N–H and O–H groups in total. The molecule has 0 radical (unpaired) electrons. The molecule has 160 valence electrons. The summed E-state index contributed by atoms with van der Waals surface area (Å²) in [6.07, 6.45) is 3.16. The van der Waals surface area contributed by atoms with E-state index in [9.17, 15) is 9.18 Å². The van der Waals surface area contributed by atoms with E-state index < -0.39 is 11.7 Å². The summed E-state index contributed by atoms with van der Waals surface area (Å²) >= 11 is 7.13. The Morgan fingerprint density at radius 1 is 1.25 bits per heavy atom. The van der Waals surface area contributed by atoms with Gasteiger partial charge in [0.1, 0.15) is 5.82 Å². The zero-order valence-corrected chi connectivity index (χ0v) is 18.5. The van der Waals surface area contributed by atoms with Gasteiger partial charge in [-0.25, -0.2) is 4.39 Å². The molecule has 0 unspecified atom stereocenters. The van der Waals surface area contributed by atoms with Gasteiger partial charge in [-0.1, -0.05) is 11.6 Å². The summed E-state index contributed by atoms with van der Waals surface area (Å²) in [5, 5.41) is 15.1. The summed E-state index contributed by atoms with van der Waals surface area (Å²) in [5.74, 6) is -0.532. The number of aryl methyl sites for hydroxylation is 1. The highest BCUT2D eigenvalue weighted by atomic mass is 35.5. The monoisotopic (exact) mass is 467 g/mol. The van der Waals surface area contributed by atoms with Gasteiger partial charge in [-0.05, 0) is 73.6 Å². The number of nitrogens with zero attached hydrogens (tertiary/aromatic N) is 4. The Kier molecular flexibility index (Phi) is 4.87. The summed E-state index contributed by atoms with van der Waals surface area (Å²) in [4.78, 5) is 16.8. The van der Waals surface area contributed by atoms with Crippen LogP contribution in [0.2, 0.25) is 5.02 Å². The smallest absolute Gasteiger partial charge is 0.283 e. The van der Waals surface area contributed by atoms with Gasteiger partial charge < -0.3 is 8.98 Å². The number of nitrogens with one attached hydrogen (secondary N) is 1. The van der Waals surface area contributed by atoms with Gasteiger partial charge in [0.2, 0.25) is 5.17 Å². The molecule has 2 aliphatic rings. The maximum atomic E-state index is 13.6. The highest BCUT2D eigenvalue weighted by Crippen LogP contribution is 2.32. The van der Waals surface area contributed by atoms with Crippen molar-refractivity contribution >= 4 is 51.4 Å². The molecule has 1 amide bonds. The third-order valence-corrected chi connectivity index (χ3v) is 6.33.